The van der Waals surface area contributed by atoms with Crippen LogP contribution in [0.25, 0.3) is 0 Å². The van der Waals surface area contributed by atoms with Crippen LogP contribution in [0.15, 0.2) is 18.2 Å². The van der Waals surface area contributed by atoms with Gasteiger partial charge in [-0.25, -0.2) is 0 Å². The Bertz CT molecular complexity index is 481. The molecule has 0 aliphatic heterocycles. The quantitative estimate of drug-likeness (QED) is 0.854. The van der Waals surface area contributed by atoms with Crippen molar-refractivity contribution in [2.75, 3.05) is 5.32 Å². The van der Waals surface area contributed by atoms with Crippen molar-refractivity contribution in [3.05, 3.63) is 29.3 Å². The van der Waals surface area contributed by atoms with Crippen LogP contribution < -0.4 is 11.1 Å². The number of hydrogen-bond acceptors (Lipinski definition) is 3. The Morgan fingerprint density at radius 2 is 2.17 bits per heavy atom. The molecule has 0 aromatic heterocycles. The average molecular weight is 245 g/mol. The van der Waals surface area contributed by atoms with Crippen molar-refractivity contribution in [1.29, 1.82) is 5.26 Å². The second-order valence-electron chi connectivity index (χ2n) is 5.15. The van der Waals surface area contributed by atoms with Crippen LogP contribution in [0.1, 0.15) is 37.8 Å². The molecule has 0 saturated carbocycles. The van der Waals surface area contributed by atoms with Gasteiger partial charge in [0.25, 0.3) is 0 Å². The predicted molar refractivity (Wildman–Crippen MR) is 72.0 cm³/mol. The third-order valence-corrected chi connectivity index (χ3v) is 2.66. The second kappa shape index (κ2) is 5.65. The van der Waals surface area contributed by atoms with Gasteiger partial charge < -0.3 is 11.1 Å². The zero-order chi connectivity index (χ0) is 13.8. The van der Waals surface area contributed by atoms with E-state index in [9.17, 15) is 4.79 Å². The minimum absolute atomic E-state index is 0.115. The summed E-state index contributed by atoms with van der Waals surface area (Å²) in [6, 6.07) is 7.50. The van der Waals surface area contributed by atoms with Gasteiger partial charge in [0, 0.05) is 12.0 Å². The molecule has 0 unspecified atom stereocenters. The number of aryl methyl sites for hydroxylation is 1. The molecule has 0 aliphatic carbocycles. The van der Waals surface area contributed by atoms with Gasteiger partial charge in [0.2, 0.25) is 5.91 Å². The second-order valence-corrected chi connectivity index (χ2v) is 5.15. The summed E-state index contributed by atoms with van der Waals surface area (Å²) < 4.78 is 0. The molecule has 0 spiro atoms. The van der Waals surface area contributed by atoms with Crippen LogP contribution in [-0.4, -0.2) is 11.4 Å². The highest BCUT2D eigenvalue weighted by Gasteiger charge is 2.14. The van der Waals surface area contributed by atoms with Gasteiger partial charge in [-0.3, -0.25) is 4.79 Å². The molecule has 3 N–H and O–H groups in total. The fourth-order valence-electron chi connectivity index (χ4n) is 1.57. The van der Waals surface area contributed by atoms with Gasteiger partial charge in [0.05, 0.1) is 11.3 Å². The van der Waals surface area contributed by atoms with E-state index in [1.165, 1.54) is 0 Å². The minimum Gasteiger partial charge on any atom is -0.326 e. The molecule has 4 heteroatoms. The van der Waals surface area contributed by atoms with E-state index in [0.717, 1.165) is 5.56 Å². The van der Waals surface area contributed by atoms with Crippen LogP contribution in [-0.2, 0) is 4.79 Å². The lowest BCUT2D eigenvalue weighted by molar-refractivity contribution is -0.116. The molecule has 0 bridgehead atoms. The molecule has 0 aliphatic rings. The van der Waals surface area contributed by atoms with Crippen molar-refractivity contribution in [1.82, 2.24) is 0 Å². The number of carbonyl (C=O) groups excluding carboxylic acids is 1. The van der Waals surface area contributed by atoms with Gasteiger partial charge in [-0.15, -0.1) is 0 Å². The molecule has 0 atom stereocenters. The maximum absolute atomic E-state index is 11.8. The first kappa shape index (κ1) is 14.2. The van der Waals surface area contributed by atoms with Crippen molar-refractivity contribution in [3.63, 3.8) is 0 Å². The molecule has 18 heavy (non-hydrogen) atoms. The van der Waals surface area contributed by atoms with E-state index in [2.05, 4.69) is 11.4 Å². The first-order valence-corrected chi connectivity index (χ1v) is 5.92. The largest absolute Gasteiger partial charge is 0.326 e. The molecular weight excluding hydrogens is 226 g/mol. The van der Waals surface area contributed by atoms with Gasteiger partial charge in [-0.05, 0) is 38.8 Å². The lowest BCUT2D eigenvalue weighted by Crippen LogP contribution is -2.33. The van der Waals surface area contributed by atoms with E-state index in [0.29, 0.717) is 24.1 Å². The predicted octanol–water partition coefficient (Wildman–Crippen LogP) is 2.32. The molecule has 1 aromatic rings. The number of nitrogens with one attached hydrogen (secondary N) is 1. The Balaban J connectivity index is 2.72. The number of nitrogens with zero attached hydrogens (tertiary/aromatic N) is 1. The van der Waals surface area contributed by atoms with Crippen molar-refractivity contribution < 1.29 is 4.79 Å². The van der Waals surface area contributed by atoms with Crippen LogP contribution >= 0.6 is 0 Å². The van der Waals surface area contributed by atoms with E-state index >= 15 is 0 Å². The maximum atomic E-state index is 11.8. The van der Waals surface area contributed by atoms with Crippen molar-refractivity contribution >= 4 is 11.6 Å². The number of hydrogen-bond donors (Lipinski definition) is 2. The monoisotopic (exact) mass is 245 g/mol. The third-order valence-electron chi connectivity index (χ3n) is 2.66. The van der Waals surface area contributed by atoms with Gasteiger partial charge in [0.15, 0.2) is 0 Å². The summed E-state index contributed by atoms with van der Waals surface area (Å²) in [5.41, 5.74) is 7.40. The van der Waals surface area contributed by atoms with E-state index < -0.39 is 0 Å². The van der Waals surface area contributed by atoms with E-state index in [1.807, 2.05) is 32.9 Å². The molecule has 0 heterocycles. The molecule has 1 aromatic carbocycles. The molecule has 0 saturated heterocycles. The van der Waals surface area contributed by atoms with E-state index in [4.69, 9.17) is 11.0 Å². The van der Waals surface area contributed by atoms with Crippen LogP contribution in [0, 0.1) is 18.3 Å². The molecule has 0 fully saturated rings. The molecular formula is C14H19N3O. The topological polar surface area (TPSA) is 78.9 Å². The molecule has 1 amide bonds. The minimum atomic E-state index is -0.359. The van der Waals surface area contributed by atoms with Gasteiger partial charge in [0.1, 0.15) is 6.07 Å². The average Bonchev–Trinajstić information content (AvgIpc) is 2.26. The van der Waals surface area contributed by atoms with E-state index in [1.54, 1.807) is 6.07 Å². The van der Waals surface area contributed by atoms with Crippen LogP contribution in [0.4, 0.5) is 5.69 Å². The zero-order valence-corrected chi connectivity index (χ0v) is 11.1. The Morgan fingerprint density at radius 3 is 2.72 bits per heavy atom. The molecule has 96 valence electrons. The number of carbonyl (C=O) groups is 1. The standard InChI is InChI=1S/C14H19N3O/c1-10-5-4-6-12(11(10)9-15)17-13(18)7-8-14(2,3)16/h4-6H,7-8,16H2,1-3H3,(H,17,18). The Labute approximate surface area is 108 Å². The SMILES string of the molecule is Cc1cccc(NC(=O)CCC(C)(C)N)c1C#N. The smallest absolute Gasteiger partial charge is 0.224 e. The number of amides is 1. The Morgan fingerprint density at radius 1 is 1.50 bits per heavy atom. The summed E-state index contributed by atoms with van der Waals surface area (Å²) in [6.07, 6.45) is 0.953. The molecule has 0 radical (unpaired) electrons. The maximum Gasteiger partial charge on any atom is 0.224 e. The first-order valence-electron chi connectivity index (χ1n) is 5.92. The summed E-state index contributed by atoms with van der Waals surface area (Å²) in [6.45, 7) is 5.61. The lowest BCUT2D eigenvalue weighted by atomic mass is 10.00. The summed E-state index contributed by atoms with van der Waals surface area (Å²) in [5.74, 6) is -0.115. The van der Waals surface area contributed by atoms with Crippen molar-refractivity contribution in [2.24, 2.45) is 5.73 Å². The van der Waals surface area contributed by atoms with E-state index in [-0.39, 0.29) is 11.4 Å². The Hall–Kier alpha value is -1.86. The highest BCUT2D eigenvalue weighted by Crippen LogP contribution is 2.19. The fourth-order valence-corrected chi connectivity index (χ4v) is 1.57. The summed E-state index contributed by atoms with van der Waals surface area (Å²) in [4.78, 5) is 11.8. The lowest BCUT2D eigenvalue weighted by Gasteiger charge is -2.17. The number of anilines is 1. The highest BCUT2D eigenvalue weighted by atomic mass is 16.1. The Kier molecular flexibility index (Phi) is 4.46. The highest BCUT2D eigenvalue weighted by molar-refractivity contribution is 5.92. The van der Waals surface area contributed by atoms with Crippen LogP contribution in [0.3, 0.4) is 0 Å². The first-order chi connectivity index (χ1) is 8.33. The van der Waals surface area contributed by atoms with Gasteiger partial charge >= 0.3 is 0 Å². The van der Waals surface area contributed by atoms with Crippen LogP contribution in [0.2, 0.25) is 0 Å². The van der Waals surface area contributed by atoms with Crippen molar-refractivity contribution in [3.8, 4) is 6.07 Å². The number of nitriles is 1. The summed E-state index contributed by atoms with van der Waals surface area (Å²) >= 11 is 0. The number of rotatable bonds is 4. The van der Waals surface area contributed by atoms with Crippen molar-refractivity contribution in [2.45, 2.75) is 39.2 Å². The number of nitrogens with two attached hydrogens (primary N) is 1. The van der Waals surface area contributed by atoms with Gasteiger partial charge in [-0.2, -0.15) is 5.26 Å². The molecule has 4 nitrogen and oxygen atoms in total. The third kappa shape index (κ3) is 4.19. The number of benzene rings is 1. The summed E-state index contributed by atoms with van der Waals surface area (Å²) in [7, 11) is 0. The normalized spacial score (nSPS) is 10.8. The van der Waals surface area contributed by atoms with Gasteiger partial charge in [-0.1, -0.05) is 12.1 Å². The summed E-state index contributed by atoms with van der Waals surface area (Å²) in [5, 5.41) is 11.8. The fraction of sp³-hybridized carbons (Fsp3) is 0.429. The van der Waals surface area contributed by atoms with Crippen LogP contribution in [0.5, 0.6) is 0 Å². The zero-order valence-electron chi connectivity index (χ0n) is 11.1. The molecule has 1 rings (SSSR count).